The monoisotopic (exact) mass is 374 g/mol. The number of ether oxygens (including phenoxy) is 1. The first-order chi connectivity index (χ1) is 13.8. The number of methoxy groups -OCH3 is 1. The second kappa shape index (κ2) is 8.93. The third kappa shape index (κ3) is 4.54. The van der Waals surface area contributed by atoms with Crippen molar-refractivity contribution in [3.8, 4) is 16.9 Å². The van der Waals surface area contributed by atoms with E-state index in [1.165, 1.54) is 24.1 Å². The number of hydrogen-bond donors (Lipinski definition) is 0. The third-order valence-electron chi connectivity index (χ3n) is 5.56. The van der Waals surface area contributed by atoms with E-state index in [2.05, 4.69) is 39.1 Å². The van der Waals surface area contributed by atoms with Crippen LogP contribution in [0.15, 0.2) is 61.3 Å². The summed E-state index contributed by atoms with van der Waals surface area (Å²) in [7, 11) is 1.71. The molecule has 0 unspecified atom stereocenters. The Balaban J connectivity index is 1.27. The van der Waals surface area contributed by atoms with E-state index >= 15 is 0 Å². The average Bonchev–Trinajstić information content (AvgIpc) is 2.79. The van der Waals surface area contributed by atoms with Gasteiger partial charge in [-0.1, -0.05) is 18.2 Å². The van der Waals surface area contributed by atoms with Crippen LogP contribution in [0, 0.1) is 0 Å². The molecule has 1 fully saturated rings. The van der Waals surface area contributed by atoms with Crippen LogP contribution in [0.5, 0.6) is 5.75 Å². The summed E-state index contributed by atoms with van der Waals surface area (Å²) in [5.41, 5.74) is 4.65. The zero-order valence-electron chi connectivity index (χ0n) is 16.3. The topological polar surface area (TPSA) is 51.1 Å². The quantitative estimate of drug-likeness (QED) is 0.653. The number of hydrogen-bond acceptors (Lipinski definition) is 5. The summed E-state index contributed by atoms with van der Waals surface area (Å²) < 4.78 is 5.23. The molecule has 5 nitrogen and oxygen atoms in total. The number of likely N-dealkylation sites (tertiary alicyclic amines) is 1. The fourth-order valence-electron chi connectivity index (χ4n) is 3.80. The Hall–Kier alpha value is -2.79. The Labute approximate surface area is 166 Å². The SMILES string of the molecule is COc1ccc(CCN2CCC(c3ccc(-c4cncnc4)cn3)CC2)cc1. The molecule has 1 saturated heterocycles. The highest BCUT2D eigenvalue weighted by Gasteiger charge is 2.21. The van der Waals surface area contributed by atoms with Crippen molar-refractivity contribution in [3.63, 3.8) is 0 Å². The highest BCUT2D eigenvalue weighted by atomic mass is 16.5. The van der Waals surface area contributed by atoms with Gasteiger partial charge in [0.25, 0.3) is 0 Å². The van der Waals surface area contributed by atoms with Gasteiger partial charge in [-0.3, -0.25) is 4.98 Å². The lowest BCUT2D eigenvalue weighted by atomic mass is 9.92. The predicted octanol–water partition coefficient (Wildman–Crippen LogP) is 3.97. The van der Waals surface area contributed by atoms with Crippen LogP contribution in [0.4, 0.5) is 0 Å². The van der Waals surface area contributed by atoms with E-state index in [1.54, 1.807) is 13.4 Å². The molecular weight excluding hydrogens is 348 g/mol. The largest absolute Gasteiger partial charge is 0.497 e. The van der Waals surface area contributed by atoms with E-state index in [9.17, 15) is 0 Å². The second-order valence-electron chi connectivity index (χ2n) is 7.31. The zero-order valence-corrected chi connectivity index (χ0v) is 16.3. The summed E-state index contributed by atoms with van der Waals surface area (Å²) in [6.07, 6.45) is 10.6. The van der Waals surface area contributed by atoms with Gasteiger partial charge in [0.1, 0.15) is 12.1 Å². The molecule has 0 spiro atoms. The fourth-order valence-corrected chi connectivity index (χ4v) is 3.80. The molecule has 1 aliphatic rings. The van der Waals surface area contributed by atoms with Crippen molar-refractivity contribution < 1.29 is 4.74 Å². The Morgan fingerprint density at radius 3 is 2.32 bits per heavy atom. The summed E-state index contributed by atoms with van der Waals surface area (Å²) in [6.45, 7) is 3.38. The van der Waals surface area contributed by atoms with E-state index in [4.69, 9.17) is 9.72 Å². The van der Waals surface area contributed by atoms with Crippen LogP contribution >= 0.6 is 0 Å². The number of nitrogens with zero attached hydrogens (tertiary/aromatic N) is 4. The van der Waals surface area contributed by atoms with Crippen LogP contribution in [-0.2, 0) is 6.42 Å². The van der Waals surface area contributed by atoms with Gasteiger partial charge >= 0.3 is 0 Å². The van der Waals surface area contributed by atoms with Gasteiger partial charge in [0, 0.05) is 47.9 Å². The normalized spacial score (nSPS) is 15.5. The maximum atomic E-state index is 5.23. The number of benzene rings is 1. The molecule has 5 heteroatoms. The van der Waals surface area contributed by atoms with E-state index in [0.29, 0.717) is 5.92 Å². The molecule has 4 rings (SSSR count). The van der Waals surface area contributed by atoms with E-state index < -0.39 is 0 Å². The van der Waals surface area contributed by atoms with Crippen molar-refractivity contribution in [3.05, 3.63) is 72.6 Å². The van der Waals surface area contributed by atoms with Crippen LogP contribution in [-0.4, -0.2) is 46.6 Å². The molecule has 0 radical (unpaired) electrons. The van der Waals surface area contributed by atoms with Gasteiger partial charge in [-0.25, -0.2) is 9.97 Å². The van der Waals surface area contributed by atoms with E-state index in [0.717, 1.165) is 42.9 Å². The van der Waals surface area contributed by atoms with Crippen molar-refractivity contribution in [1.82, 2.24) is 19.9 Å². The molecule has 0 aliphatic carbocycles. The summed E-state index contributed by atoms with van der Waals surface area (Å²) in [6, 6.07) is 12.7. The van der Waals surface area contributed by atoms with Gasteiger partial charge in [0.05, 0.1) is 7.11 Å². The molecule has 0 bridgehead atoms. The molecule has 0 N–H and O–H groups in total. The van der Waals surface area contributed by atoms with Gasteiger partial charge in [-0.05, 0) is 56.1 Å². The summed E-state index contributed by atoms with van der Waals surface area (Å²) in [4.78, 5) is 15.5. The fraction of sp³-hybridized carbons (Fsp3) is 0.348. The van der Waals surface area contributed by atoms with Crippen molar-refractivity contribution in [2.45, 2.75) is 25.2 Å². The molecule has 3 aromatic rings. The molecule has 1 aliphatic heterocycles. The minimum Gasteiger partial charge on any atom is -0.497 e. The predicted molar refractivity (Wildman–Crippen MR) is 110 cm³/mol. The van der Waals surface area contributed by atoms with E-state index in [1.807, 2.05) is 30.7 Å². The van der Waals surface area contributed by atoms with Gasteiger partial charge in [0.15, 0.2) is 0 Å². The molecule has 28 heavy (non-hydrogen) atoms. The third-order valence-corrected chi connectivity index (χ3v) is 5.56. The molecule has 3 heterocycles. The van der Waals surface area contributed by atoms with Crippen molar-refractivity contribution in [1.29, 1.82) is 0 Å². The van der Waals surface area contributed by atoms with Crippen LogP contribution in [0.1, 0.15) is 30.0 Å². The van der Waals surface area contributed by atoms with Crippen LogP contribution in [0.2, 0.25) is 0 Å². The highest BCUT2D eigenvalue weighted by Crippen LogP contribution is 2.28. The smallest absolute Gasteiger partial charge is 0.118 e. The maximum Gasteiger partial charge on any atom is 0.118 e. The first-order valence-corrected chi connectivity index (χ1v) is 9.88. The van der Waals surface area contributed by atoms with Gasteiger partial charge < -0.3 is 9.64 Å². The Kier molecular flexibility index (Phi) is 5.92. The lowest BCUT2D eigenvalue weighted by molar-refractivity contribution is 0.213. The minimum atomic E-state index is 0.554. The van der Waals surface area contributed by atoms with Crippen LogP contribution < -0.4 is 4.74 Å². The molecule has 2 aromatic heterocycles. The van der Waals surface area contributed by atoms with Gasteiger partial charge in [-0.2, -0.15) is 0 Å². The minimum absolute atomic E-state index is 0.554. The highest BCUT2D eigenvalue weighted by molar-refractivity contribution is 5.60. The number of aromatic nitrogens is 3. The van der Waals surface area contributed by atoms with Crippen molar-refractivity contribution in [2.75, 3.05) is 26.7 Å². The summed E-state index contributed by atoms with van der Waals surface area (Å²) in [5, 5.41) is 0. The van der Waals surface area contributed by atoms with E-state index in [-0.39, 0.29) is 0 Å². The summed E-state index contributed by atoms with van der Waals surface area (Å²) in [5.74, 6) is 1.47. The number of piperidine rings is 1. The standard InChI is InChI=1S/C23H26N4O/c1-28-22-5-2-18(3-6-22)8-11-27-12-9-19(10-13-27)23-7-4-20(16-26-23)21-14-24-17-25-15-21/h2-7,14-17,19H,8-13H2,1H3. The van der Waals surface area contributed by atoms with Crippen molar-refractivity contribution in [2.24, 2.45) is 0 Å². The first-order valence-electron chi connectivity index (χ1n) is 9.88. The molecular formula is C23H26N4O. The molecule has 0 saturated carbocycles. The first kappa shape index (κ1) is 18.6. The summed E-state index contributed by atoms with van der Waals surface area (Å²) >= 11 is 0. The molecule has 0 amide bonds. The lowest BCUT2D eigenvalue weighted by Crippen LogP contribution is -2.34. The Morgan fingerprint density at radius 2 is 1.68 bits per heavy atom. The van der Waals surface area contributed by atoms with Gasteiger partial charge in [-0.15, -0.1) is 0 Å². The lowest BCUT2D eigenvalue weighted by Gasteiger charge is -2.31. The Bertz CT molecular complexity index is 857. The molecule has 0 atom stereocenters. The number of rotatable bonds is 6. The van der Waals surface area contributed by atoms with Crippen LogP contribution in [0.3, 0.4) is 0 Å². The van der Waals surface area contributed by atoms with Gasteiger partial charge in [0.2, 0.25) is 0 Å². The van der Waals surface area contributed by atoms with Crippen molar-refractivity contribution >= 4 is 0 Å². The molecule has 144 valence electrons. The number of pyridine rings is 1. The molecule has 1 aromatic carbocycles. The zero-order chi connectivity index (χ0) is 19.2. The second-order valence-corrected chi connectivity index (χ2v) is 7.31. The average molecular weight is 374 g/mol. The maximum absolute atomic E-state index is 5.23. The van der Waals surface area contributed by atoms with Crippen LogP contribution in [0.25, 0.3) is 11.1 Å². The Morgan fingerprint density at radius 1 is 0.929 bits per heavy atom.